The minimum atomic E-state index is -0.131. The maximum atomic E-state index is 12.7. The molecule has 1 unspecified atom stereocenters. The smallest absolute Gasteiger partial charge is 0.279 e. The molecule has 2 aliphatic rings. The van der Waals surface area contributed by atoms with Crippen molar-refractivity contribution in [3.05, 3.63) is 54.1 Å². The lowest BCUT2D eigenvalue weighted by atomic mass is 10.1. The topological polar surface area (TPSA) is 75.1 Å². The van der Waals surface area contributed by atoms with Crippen LogP contribution in [-0.2, 0) is 4.79 Å². The third-order valence-corrected chi connectivity index (χ3v) is 5.70. The molecular weight excluding hydrogens is 392 g/mol. The first-order chi connectivity index (χ1) is 15.0. The van der Waals surface area contributed by atoms with Crippen LogP contribution in [0.1, 0.15) is 30.1 Å². The number of rotatable bonds is 8. The highest BCUT2D eigenvalue weighted by Gasteiger charge is 2.28. The number of nitrogens with one attached hydrogen (secondary N) is 3. The summed E-state index contributed by atoms with van der Waals surface area (Å²) in [6, 6.07) is 15.5. The van der Waals surface area contributed by atoms with E-state index in [0.717, 1.165) is 42.3 Å². The lowest BCUT2D eigenvalue weighted by Gasteiger charge is -2.36. The lowest BCUT2D eigenvalue weighted by molar-refractivity contribution is -0.873. The van der Waals surface area contributed by atoms with Gasteiger partial charge in [-0.15, -0.1) is 0 Å². The Morgan fingerprint density at radius 2 is 1.87 bits per heavy atom. The van der Waals surface area contributed by atoms with Crippen LogP contribution in [0.15, 0.2) is 48.5 Å². The van der Waals surface area contributed by atoms with Gasteiger partial charge in [0.2, 0.25) is 0 Å². The van der Waals surface area contributed by atoms with Crippen LogP contribution in [0.4, 0.5) is 11.4 Å². The molecule has 1 aliphatic carbocycles. The van der Waals surface area contributed by atoms with Gasteiger partial charge in [0.25, 0.3) is 11.8 Å². The molecule has 2 aromatic carbocycles. The normalized spacial score (nSPS) is 18.5. The Bertz CT molecular complexity index is 944. The number of nitrogens with zero attached hydrogens (tertiary/aromatic N) is 1. The summed E-state index contributed by atoms with van der Waals surface area (Å²) < 4.78 is 6.18. The number of quaternary nitrogens is 1. The number of likely N-dealkylation sites (N-methyl/N-ethyl adjacent to an activating group) is 2. The fourth-order valence-corrected chi connectivity index (χ4v) is 3.99. The van der Waals surface area contributed by atoms with Crippen molar-refractivity contribution in [3.8, 4) is 5.75 Å². The Morgan fingerprint density at radius 1 is 1.13 bits per heavy atom. The second-order valence-electron chi connectivity index (χ2n) is 8.43. The number of hydrogen-bond acceptors (Lipinski definition) is 4. The quantitative estimate of drug-likeness (QED) is 0.599. The van der Waals surface area contributed by atoms with Crippen molar-refractivity contribution in [2.45, 2.75) is 31.9 Å². The van der Waals surface area contributed by atoms with Crippen LogP contribution < -0.4 is 25.2 Å². The van der Waals surface area contributed by atoms with Gasteiger partial charge in [-0.1, -0.05) is 24.3 Å². The van der Waals surface area contributed by atoms with Gasteiger partial charge in [-0.3, -0.25) is 9.59 Å². The van der Waals surface area contributed by atoms with E-state index in [2.05, 4.69) is 28.5 Å². The summed E-state index contributed by atoms with van der Waals surface area (Å²) in [5, 5.41) is 5.90. The van der Waals surface area contributed by atoms with E-state index in [1.165, 1.54) is 0 Å². The number of hydrogen-bond donors (Lipinski definition) is 3. The number of anilines is 2. The van der Waals surface area contributed by atoms with Crippen molar-refractivity contribution in [1.29, 1.82) is 0 Å². The van der Waals surface area contributed by atoms with Gasteiger partial charge in [0.05, 0.1) is 30.5 Å². The molecule has 1 fully saturated rings. The van der Waals surface area contributed by atoms with E-state index >= 15 is 0 Å². The van der Waals surface area contributed by atoms with E-state index in [9.17, 15) is 9.59 Å². The molecule has 0 radical (unpaired) electrons. The molecule has 2 amide bonds. The lowest BCUT2D eigenvalue weighted by Crippen LogP contribution is -3.11. The third-order valence-electron chi connectivity index (χ3n) is 5.70. The van der Waals surface area contributed by atoms with Gasteiger partial charge in [0.15, 0.2) is 12.6 Å². The second-order valence-corrected chi connectivity index (χ2v) is 8.43. The molecule has 1 aliphatic heterocycles. The number of fused-ring (bicyclic) bond motifs is 1. The summed E-state index contributed by atoms with van der Waals surface area (Å²) in [4.78, 5) is 28.5. The molecule has 2 aromatic rings. The van der Waals surface area contributed by atoms with Crippen LogP contribution in [0.3, 0.4) is 0 Å². The molecule has 7 nitrogen and oxygen atoms in total. The predicted molar refractivity (Wildman–Crippen MR) is 121 cm³/mol. The van der Waals surface area contributed by atoms with Gasteiger partial charge in [0, 0.05) is 12.6 Å². The van der Waals surface area contributed by atoms with Gasteiger partial charge < -0.3 is 25.2 Å². The van der Waals surface area contributed by atoms with E-state index in [1.807, 2.05) is 37.4 Å². The number of para-hydroxylation sites is 3. The summed E-state index contributed by atoms with van der Waals surface area (Å²) in [6.07, 6.45) is 2.06. The zero-order chi connectivity index (χ0) is 21.8. The molecule has 4 rings (SSSR count). The van der Waals surface area contributed by atoms with Crippen LogP contribution >= 0.6 is 0 Å². The van der Waals surface area contributed by atoms with E-state index in [4.69, 9.17) is 4.74 Å². The van der Waals surface area contributed by atoms with Crippen molar-refractivity contribution in [2.24, 2.45) is 0 Å². The van der Waals surface area contributed by atoms with E-state index in [-0.39, 0.29) is 24.0 Å². The van der Waals surface area contributed by atoms with Crippen LogP contribution in [0.5, 0.6) is 5.75 Å². The van der Waals surface area contributed by atoms with Gasteiger partial charge in [0.1, 0.15) is 12.3 Å². The number of carbonyl (C=O) groups excluding carboxylic acids is 2. The van der Waals surface area contributed by atoms with Crippen molar-refractivity contribution in [3.63, 3.8) is 0 Å². The Morgan fingerprint density at radius 3 is 2.65 bits per heavy atom. The molecular formula is C24H31N4O3+. The molecule has 3 N–H and O–H groups in total. The molecule has 31 heavy (non-hydrogen) atoms. The zero-order valence-electron chi connectivity index (χ0n) is 18.2. The largest absolute Gasteiger partial charge is 0.480 e. The molecule has 0 saturated heterocycles. The number of carbonyl (C=O) groups is 2. The van der Waals surface area contributed by atoms with Crippen LogP contribution in [0.25, 0.3) is 0 Å². The first kappa shape index (κ1) is 21.2. The van der Waals surface area contributed by atoms with Gasteiger partial charge in [-0.05, 0) is 44.0 Å². The molecule has 2 atom stereocenters. The summed E-state index contributed by atoms with van der Waals surface area (Å²) in [5.41, 5.74) is 2.18. The summed E-state index contributed by atoms with van der Waals surface area (Å²) >= 11 is 0. The second kappa shape index (κ2) is 9.39. The fourth-order valence-electron chi connectivity index (χ4n) is 3.99. The highest BCUT2D eigenvalue weighted by molar-refractivity contribution is 6.04. The van der Waals surface area contributed by atoms with Crippen LogP contribution in [-0.4, -0.2) is 57.2 Å². The number of ether oxygens (including phenoxy) is 1. The highest BCUT2D eigenvalue weighted by atomic mass is 16.5. The Kier molecular flexibility index (Phi) is 6.42. The monoisotopic (exact) mass is 423 g/mol. The molecule has 1 saturated carbocycles. The Balaban J connectivity index is 1.33. The summed E-state index contributed by atoms with van der Waals surface area (Å²) in [7, 11) is 1.99. The maximum Gasteiger partial charge on any atom is 0.279 e. The zero-order valence-corrected chi connectivity index (χ0v) is 18.2. The van der Waals surface area contributed by atoms with Crippen molar-refractivity contribution in [2.75, 3.05) is 43.4 Å². The minimum absolute atomic E-state index is 0.0132. The fraction of sp³-hybridized carbons (Fsp3) is 0.417. The third kappa shape index (κ3) is 5.35. The average molecular weight is 424 g/mol. The van der Waals surface area contributed by atoms with E-state index in [1.54, 1.807) is 12.1 Å². The Labute approximate surface area is 183 Å². The summed E-state index contributed by atoms with van der Waals surface area (Å²) in [5.74, 6) is 0.647. The molecule has 1 heterocycles. The first-order valence-corrected chi connectivity index (χ1v) is 11.0. The van der Waals surface area contributed by atoms with Crippen molar-refractivity contribution < 1.29 is 19.2 Å². The van der Waals surface area contributed by atoms with E-state index < -0.39 is 0 Å². The van der Waals surface area contributed by atoms with Crippen LogP contribution in [0, 0.1) is 0 Å². The average Bonchev–Trinajstić information content (AvgIpc) is 3.57. The molecule has 0 aromatic heterocycles. The van der Waals surface area contributed by atoms with Crippen molar-refractivity contribution >= 4 is 23.2 Å². The Hall–Kier alpha value is -3.06. The minimum Gasteiger partial charge on any atom is -0.480 e. The molecule has 7 heteroatoms. The van der Waals surface area contributed by atoms with Crippen LogP contribution in [0.2, 0.25) is 0 Å². The SMILES string of the molecule is CCN1C[C@H](C[NH+](C)CC(=O)Nc2ccccc2C(=O)NC2CC2)Oc2ccccc21. The highest BCUT2D eigenvalue weighted by Crippen LogP contribution is 2.32. The van der Waals surface area contributed by atoms with E-state index in [0.29, 0.717) is 24.3 Å². The molecule has 0 spiro atoms. The van der Waals surface area contributed by atoms with Gasteiger partial charge in [-0.2, -0.15) is 0 Å². The van der Waals surface area contributed by atoms with Crippen molar-refractivity contribution in [1.82, 2.24) is 5.32 Å². The molecule has 164 valence electrons. The first-order valence-electron chi connectivity index (χ1n) is 11.0. The standard InChI is InChI=1S/C24H30N4O3/c1-3-28-15-18(31-22-11-7-6-10-21(22)28)14-27(2)16-23(29)26-20-9-5-4-8-19(20)24(30)25-17-12-13-17/h4-11,17-18H,3,12-16H2,1-2H3,(H,25,30)(H,26,29)/p+1/t18-/m0/s1. The van der Waals surface area contributed by atoms with Gasteiger partial charge >= 0.3 is 0 Å². The number of benzene rings is 2. The van der Waals surface area contributed by atoms with Gasteiger partial charge in [-0.25, -0.2) is 0 Å². The summed E-state index contributed by atoms with van der Waals surface area (Å²) in [6.45, 7) is 4.86. The maximum absolute atomic E-state index is 12.7. The number of amides is 2. The molecule has 0 bridgehead atoms. The predicted octanol–water partition coefficient (Wildman–Crippen LogP) is 1.32.